The molecule has 0 aliphatic heterocycles. The van der Waals surface area contributed by atoms with E-state index >= 15 is 0 Å². The van der Waals surface area contributed by atoms with E-state index in [2.05, 4.69) is 10.3 Å². The molecule has 1 N–H and O–H groups in total. The Morgan fingerprint density at radius 2 is 2.17 bits per heavy atom. The second kappa shape index (κ2) is 5.94. The van der Waals surface area contributed by atoms with Crippen molar-refractivity contribution < 1.29 is 4.39 Å². The first-order valence-corrected chi connectivity index (χ1v) is 6.13. The molecule has 0 saturated heterocycles. The molecule has 1 aromatic heterocycles. The summed E-state index contributed by atoms with van der Waals surface area (Å²) in [5.41, 5.74) is 1.84. The number of aromatic nitrogens is 1. The maximum atomic E-state index is 12.9. The van der Waals surface area contributed by atoms with Gasteiger partial charge in [-0.15, -0.1) is 0 Å². The summed E-state index contributed by atoms with van der Waals surface area (Å²) in [6.45, 7) is 2.61. The molecule has 1 aromatic carbocycles. The fraction of sp³-hybridized carbons (Fsp3) is 0.214. The summed E-state index contributed by atoms with van der Waals surface area (Å²) in [6.07, 6.45) is 1.76. The molecule has 2 aromatic rings. The molecule has 1 atom stereocenters. The van der Waals surface area contributed by atoms with Crippen molar-refractivity contribution in [2.24, 2.45) is 0 Å². The van der Waals surface area contributed by atoms with Crippen molar-refractivity contribution >= 4 is 11.6 Å². The molecule has 18 heavy (non-hydrogen) atoms. The highest BCUT2D eigenvalue weighted by Crippen LogP contribution is 2.18. The molecule has 0 saturated carbocycles. The van der Waals surface area contributed by atoms with Crippen molar-refractivity contribution in [3.63, 3.8) is 0 Å². The Bertz CT molecular complexity index is 516. The van der Waals surface area contributed by atoms with E-state index in [1.54, 1.807) is 12.3 Å². The predicted molar refractivity (Wildman–Crippen MR) is 70.9 cm³/mol. The third kappa shape index (κ3) is 3.28. The minimum atomic E-state index is -0.318. The Hall–Kier alpha value is -1.45. The number of nitrogens with zero attached hydrogens (tertiary/aromatic N) is 1. The summed E-state index contributed by atoms with van der Waals surface area (Å²) in [5, 5.41) is 3.75. The summed E-state index contributed by atoms with van der Waals surface area (Å²) in [7, 11) is 0. The van der Waals surface area contributed by atoms with Crippen LogP contribution in [0.1, 0.15) is 24.2 Å². The van der Waals surface area contributed by atoms with Gasteiger partial charge in [-0.1, -0.05) is 23.7 Å². The zero-order chi connectivity index (χ0) is 13.0. The second-order valence-electron chi connectivity index (χ2n) is 4.09. The molecule has 0 fully saturated rings. The monoisotopic (exact) mass is 264 g/mol. The molecule has 0 bridgehead atoms. The smallest absolute Gasteiger partial charge is 0.124 e. The summed E-state index contributed by atoms with van der Waals surface area (Å²) in [4.78, 5) is 4.27. The molecule has 0 aliphatic rings. The largest absolute Gasteiger partial charge is 0.305 e. The molecule has 0 amide bonds. The molecule has 2 rings (SSSR count). The first-order valence-electron chi connectivity index (χ1n) is 5.75. The second-order valence-corrected chi connectivity index (χ2v) is 4.50. The van der Waals surface area contributed by atoms with Crippen molar-refractivity contribution in [1.82, 2.24) is 10.3 Å². The van der Waals surface area contributed by atoms with Crippen LogP contribution in [0.2, 0.25) is 5.02 Å². The SMILES string of the molecule is C[C@H](NCc1ccc(F)cc1Cl)c1ccccn1. The first-order chi connectivity index (χ1) is 8.66. The molecule has 94 valence electrons. The highest BCUT2D eigenvalue weighted by atomic mass is 35.5. The van der Waals surface area contributed by atoms with E-state index in [4.69, 9.17) is 11.6 Å². The van der Waals surface area contributed by atoms with E-state index in [0.717, 1.165) is 11.3 Å². The predicted octanol–water partition coefficient (Wildman–Crippen LogP) is 3.72. The van der Waals surface area contributed by atoms with Crippen LogP contribution < -0.4 is 5.32 Å². The van der Waals surface area contributed by atoms with Crippen molar-refractivity contribution in [3.8, 4) is 0 Å². The average Bonchev–Trinajstić information content (AvgIpc) is 2.38. The minimum absolute atomic E-state index is 0.118. The van der Waals surface area contributed by atoms with Crippen LogP contribution in [0.3, 0.4) is 0 Å². The van der Waals surface area contributed by atoms with Crippen LogP contribution in [0.15, 0.2) is 42.6 Å². The molecule has 0 unspecified atom stereocenters. The van der Waals surface area contributed by atoms with Gasteiger partial charge in [0, 0.05) is 23.8 Å². The van der Waals surface area contributed by atoms with Crippen LogP contribution in [-0.2, 0) is 6.54 Å². The summed E-state index contributed by atoms with van der Waals surface area (Å²) in [5.74, 6) is -0.318. The lowest BCUT2D eigenvalue weighted by Crippen LogP contribution is -2.19. The van der Waals surface area contributed by atoms with Crippen LogP contribution in [-0.4, -0.2) is 4.98 Å². The molecule has 1 heterocycles. The van der Waals surface area contributed by atoms with Gasteiger partial charge in [0.05, 0.1) is 5.69 Å². The van der Waals surface area contributed by atoms with Crippen LogP contribution in [0.5, 0.6) is 0 Å². The third-order valence-electron chi connectivity index (χ3n) is 2.75. The van der Waals surface area contributed by atoms with E-state index in [1.807, 2.05) is 25.1 Å². The molecular formula is C14H14ClFN2. The lowest BCUT2D eigenvalue weighted by molar-refractivity contribution is 0.560. The normalized spacial score (nSPS) is 12.4. The van der Waals surface area contributed by atoms with Gasteiger partial charge in [0.2, 0.25) is 0 Å². The quantitative estimate of drug-likeness (QED) is 0.910. The highest BCUT2D eigenvalue weighted by Gasteiger charge is 2.07. The summed E-state index contributed by atoms with van der Waals surface area (Å²) in [6, 6.07) is 10.3. The zero-order valence-electron chi connectivity index (χ0n) is 10.0. The number of halogens is 2. The standard InChI is InChI=1S/C14H14ClFN2/c1-10(14-4-2-3-7-17-14)18-9-11-5-6-12(16)8-13(11)15/h2-8,10,18H,9H2,1H3/t10-/m0/s1. The maximum absolute atomic E-state index is 12.9. The molecular weight excluding hydrogens is 251 g/mol. The molecule has 2 nitrogen and oxygen atoms in total. The van der Waals surface area contributed by atoms with E-state index in [-0.39, 0.29) is 11.9 Å². The molecule has 0 spiro atoms. The highest BCUT2D eigenvalue weighted by molar-refractivity contribution is 6.31. The van der Waals surface area contributed by atoms with Gasteiger partial charge in [0.1, 0.15) is 5.82 Å². The van der Waals surface area contributed by atoms with Crippen LogP contribution >= 0.6 is 11.6 Å². The van der Waals surface area contributed by atoms with Crippen molar-refractivity contribution in [2.75, 3.05) is 0 Å². The summed E-state index contributed by atoms with van der Waals surface area (Å²) >= 11 is 5.96. The van der Waals surface area contributed by atoms with Crippen molar-refractivity contribution in [3.05, 3.63) is 64.7 Å². The maximum Gasteiger partial charge on any atom is 0.124 e. The molecule has 0 aliphatic carbocycles. The van der Waals surface area contributed by atoms with Crippen molar-refractivity contribution in [2.45, 2.75) is 19.5 Å². The van der Waals surface area contributed by atoms with E-state index in [9.17, 15) is 4.39 Å². The van der Waals surface area contributed by atoms with Gasteiger partial charge in [-0.2, -0.15) is 0 Å². The number of benzene rings is 1. The van der Waals surface area contributed by atoms with Crippen LogP contribution in [0, 0.1) is 5.82 Å². The van der Waals surface area contributed by atoms with Gasteiger partial charge in [-0.3, -0.25) is 4.98 Å². The van der Waals surface area contributed by atoms with Gasteiger partial charge >= 0.3 is 0 Å². The Labute approximate surface area is 111 Å². The van der Waals surface area contributed by atoms with Gasteiger partial charge in [0.15, 0.2) is 0 Å². The number of pyridine rings is 1. The minimum Gasteiger partial charge on any atom is -0.305 e. The Morgan fingerprint density at radius 3 is 2.83 bits per heavy atom. The molecule has 4 heteroatoms. The van der Waals surface area contributed by atoms with Gasteiger partial charge in [-0.25, -0.2) is 4.39 Å². The Morgan fingerprint density at radius 1 is 1.33 bits per heavy atom. The lowest BCUT2D eigenvalue weighted by Gasteiger charge is -2.13. The average molecular weight is 265 g/mol. The van der Waals surface area contributed by atoms with Gasteiger partial charge in [0.25, 0.3) is 0 Å². The summed E-state index contributed by atoms with van der Waals surface area (Å²) < 4.78 is 12.9. The fourth-order valence-corrected chi connectivity index (χ4v) is 1.90. The van der Waals surface area contributed by atoms with Crippen molar-refractivity contribution in [1.29, 1.82) is 0 Å². The fourth-order valence-electron chi connectivity index (χ4n) is 1.66. The lowest BCUT2D eigenvalue weighted by atomic mass is 10.1. The van der Waals surface area contributed by atoms with Crippen LogP contribution in [0.4, 0.5) is 4.39 Å². The van der Waals surface area contributed by atoms with Gasteiger partial charge < -0.3 is 5.32 Å². The third-order valence-corrected chi connectivity index (χ3v) is 3.10. The van der Waals surface area contributed by atoms with Crippen LogP contribution in [0.25, 0.3) is 0 Å². The first kappa shape index (κ1) is 13.0. The van der Waals surface area contributed by atoms with E-state index in [0.29, 0.717) is 11.6 Å². The number of rotatable bonds is 4. The van der Waals surface area contributed by atoms with E-state index in [1.165, 1.54) is 12.1 Å². The number of hydrogen-bond donors (Lipinski definition) is 1. The number of hydrogen-bond acceptors (Lipinski definition) is 2. The Balaban J connectivity index is 1.99. The topological polar surface area (TPSA) is 24.9 Å². The molecule has 0 radical (unpaired) electrons. The number of nitrogens with one attached hydrogen (secondary N) is 1. The zero-order valence-corrected chi connectivity index (χ0v) is 10.8. The van der Waals surface area contributed by atoms with Gasteiger partial charge in [-0.05, 0) is 36.8 Å². The van der Waals surface area contributed by atoms with E-state index < -0.39 is 0 Å². The Kier molecular flexibility index (Phi) is 4.28.